The van der Waals surface area contributed by atoms with Gasteiger partial charge in [0.1, 0.15) is 0 Å². The Bertz CT molecular complexity index is 495. The van der Waals surface area contributed by atoms with Crippen LogP contribution in [0.1, 0.15) is 35.7 Å². The molecular formula is C13H16N2O3. The van der Waals surface area contributed by atoms with Gasteiger partial charge in [-0.2, -0.15) is 0 Å². The zero-order valence-electron chi connectivity index (χ0n) is 10.5. The Morgan fingerprint density at radius 2 is 2.17 bits per heavy atom. The van der Waals surface area contributed by atoms with E-state index in [9.17, 15) is 14.9 Å². The van der Waals surface area contributed by atoms with E-state index in [4.69, 9.17) is 0 Å². The lowest BCUT2D eigenvalue weighted by atomic mass is 10.1. The first kappa shape index (κ1) is 12.5. The van der Waals surface area contributed by atoms with Crippen molar-refractivity contribution in [2.75, 3.05) is 0 Å². The number of nitrogens with one attached hydrogen (secondary N) is 1. The van der Waals surface area contributed by atoms with Gasteiger partial charge < -0.3 is 5.32 Å². The molecule has 5 nitrogen and oxygen atoms in total. The van der Waals surface area contributed by atoms with E-state index in [0.29, 0.717) is 17.0 Å². The predicted molar refractivity (Wildman–Crippen MR) is 67.5 cm³/mol. The first-order valence-corrected chi connectivity index (χ1v) is 6.05. The Morgan fingerprint density at radius 1 is 1.50 bits per heavy atom. The lowest BCUT2D eigenvalue weighted by Gasteiger charge is -2.12. The average Bonchev–Trinajstić information content (AvgIpc) is 3.12. The molecule has 0 radical (unpaired) electrons. The van der Waals surface area contributed by atoms with Crippen LogP contribution in [0.3, 0.4) is 0 Å². The van der Waals surface area contributed by atoms with Crippen LogP contribution in [0.2, 0.25) is 0 Å². The highest BCUT2D eigenvalue weighted by atomic mass is 16.6. The molecule has 0 heterocycles. The van der Waals surface area contributed by atoms with Crippen molar-refractivity contribution in [3.63, 3.8) is 0 Å². The minimum absolute atomic E-state index is 0.0123. The summed E-state index contributed by atoms with van der Waals surface area (Å²) in [4.78, 5) is 22.3. The van der Waals surface area contributed by atoms with Crippen LogP contribution < -0.4 is 5.32 Å². The van der Waals surface area contributed by atoms with E-state index in [2.05, 4.69) is 5.32 Å². The van der Waals surface area contributed by atoms with E-state index in [1.807, 2.05) is 6.92 Å². The fourth-order valence-electron chi connectivity index (χ4n) is 1.95. The molecule has 0 aromatic heterocycles. The van der Waals surface area contributed by atoms with Crippen molar-refractivity contribution in [3.8, 4) is 0 Å². The molecule has 0 bridgehead atoms. The van der Waals surface area contributed by atoms with Gasteiger partial charge in [0, 0.05) is 23.2 Å². The van der Waals surface area contributed by atoms with Crippen molar-refractivity contribution in [1.29, 1.82) is 0 Å². The van der Waals surface area contributed by atoms with Gasteiger partial charge in [-0.15, -0.1) is 0 Å². The van der Waals surface area contributed by atoms with Gasteiger partial charge in [0.05, 0.1) is 4.92 Å². The van der Waals surface area contributed by atoms with Crippen LogP contribution in [-0.4, -0.2) is 16.9 Å². The molecule has 1 unspecified atom stereocenters. The number of nitro benzene ring substituents is 1. The molecule has 1 amide bonds. The highest BCUT2D eigenvalue weighted by Crippen LogP contribution is 2.32. The van der Waals surface area contributed by atoms with E-state index in [-0.39, 0.29) is 17.6 Å². The number of benzene rings is 1. The molecule has 96 valence electrons. The second kappa shape index (κ2) is 4.76. The van der Waals surface area contributed by atoms with E-state index in [1.54, 1.807) is 19.1 Å². The highest BCUT2D eigenvalue weighted by molar-refractivity contribution is 5.95. The van der Waals surface area contributed by atoms with Crippen LogP contribution in [0, 0.1) is 23.0 Å². The summed E-state index contributed by atoms with van der Waals surface area (Å²) in [6, 6.07) is 4.70. The second-order valence-corrected chi connectivity index (χ2v) is 4.86. The third-order valence-electron chi connectivity index (χ3n) is 3.36. The Kier molecular flexibility index (Phi) is 3.32. The SMILES string of the molecule is Cc1ccc(C(=O)NC(C)C2CC2)cc1[N+](=O)[O-]. The summed E-state index contributed by atoms with van der Waals surface area (Å²) in [7, 11) is 0. The van der Waals surface area contributed by atoms with Crippen molar-refractivity contribution < 1.29 is 9.72 Å². The van der Waals surface area contributed by atoms with Gasteiger partial charge in [0.15, 0.2) is 0 Å². The summed E-state index contributed by atoms with van der Waals surface area (Å²) in [6.45, 7) is 3.63. The minimum Gasteiger partial charge on any atom is -0.349 e. The zero-order valence-corrected chi connectivity index (χ0v) is 10.5. The zero-order chi connectivity index (χ0) is 13.3. The molecule has 1 atom stereocenters. The number of aryl methyl sites for hydroxylation is 1. The molecule has 1 N–H and O–H groups in total. The van der Waals surface area contributed by atoms with Crippen molar-refractivity contribution in [2.24, 2.45) is 5.92 Å². The summed E-state index contributed by atoms with van der Waals surface area (Å²) < 4.78 is 0. The molecule has 1 aromatic rings. The first-order chi connectivity index (χ1) is 8.49. The van der Waals surface area contributed by atoms with Gasteiger partial charge in [-0.1, -0.05) is 6.07 Å². The van der Waals surface area contributed by atoms with Crippen molar-refractivity contribution >= 4 is 11.6 Å². The Labute approximate surface area is 105 Å². The molecule has 1 fully saturated rings. The minimum atomic E-state index is -0.462. The summed E-state index contributed by atoms with van der Waals surface area (Å²) in [6.07, 6.45) is 2.30. The fraction of sp³-hybridized carbons (Fsp3) is 0.462. The number of hydrogen-bond acceptors (Lipinski definition) is 3. The number of nitrogens with zero attached hydrogens (tertiary/aromatic N) is 1. The van der Waals surface area contributed by atoms with E-state index < -0.39 is 4.92 Å². The molecule has 1 saturated carbocycles. The molecule has 1 aromatic carbocycles. The number of nitro groups is 1. The van der Waals surface area contributed by atoms with Gasteiger partial charge in [0.25, 0.3) is 11.6 Å². The van der Waals surface area contributed by atoms with E-state index in [1.165, 1.54) is 6.07 Å². The Morgan fingerprint density at radius 3 is 2.72 bits per heavy atom. The largest absolute Gasteiger partial charge is 0.349 e. The average molecular weight is 248 g/mol. The quantitative estimate of drug-likeness (QED) is 0.657. The number of amides is 1. The van der Waals surface area contributed by atoms with Crippen molar-refractivity contribution in [2.45, 2.75) is 32.7 Å². The van der Waals surface area contributed by atoms with E-state index in [0.717, 1.165) is 12.8 Å². The predicted octanol–water partition coefficient (Wildman–Crippen LogP) is 2.43. The van der Waals surface area contributed by atoms with Crippen LogP contribution in [0.5, 0.6) is 0 Å². The third kappa shape index (κ3) is 2.67. The molecule has 5 heteroatoms. The maximum atomic E-state index is 11.9. The second-order valence-electron chi connectivity index (χ2n) is 4.86. The van der Waals surface area contributed by atoms with Crippen LogP contribution in [0.15, 0.2) is 18.2 Å². The van der Waals surface area contributed by atoms with Crippen LogP contribution in [-0.2, 0) is 0 Å². The van der Waals surface area contributed by atoms with Gasteiger partial charge >= 0.3 is 0 Å². The lowest BCUT2D eigenvalue weighted by molar-refractivity contribution is -0.385. The highest BCUT2D eigenvalue weighted by Gasteiger charge is 2.29. The van der Waals surface area contributed by atoms with Gasteiger partial charge in [-0.05, 0) is 38.7 Å². The lowest BCUT2D eigenvalue weighted by Crippen LogP contribution is -2.34. The normalized spacial score (nSPS) is 16.1. The van der Waals surface area contributed by atoms with Crippen LogP contribution in [0.4, 0.5) is 5.69 Å². The molecule has 1 aliphatic carbocycles. The smallest absolute Gasteiger partial charge is 0.273 e. The fourth-order valence-corrected chi connectivity index (χ4v) is 1.95. The first-order valence-electron chi connectivity index (χ1n) is 6.05. The summed E-state index contributed by atoms with van der Waals surface area (Å²) in [5.74, 6) is 0.326. The Balaban J connectivity index is 2.14. The molecule has 18 heavy (non-hydrogen) atoms. The van der Waals surface area contributed by atoms with Crippen molar-refractivity contribution in [1.82, 2.24) is 5.32 Å². The van der Waals surface area contributed by atoms with Gasteiger partial charge in [-0.25, -0.2) is 0 Å². The third-order valence-corrected chi connectivity index (χ3v) is 3.36. The van der Waals surface area contributed by atoms with Crippen LogP contribution >= 0.6 is 0 Å². The van der Waals surface area contributed by atoms with Crippen LogP contribution in [0.25, 0.3) is 0 Å². The van der Waals surface area contributed by atoms with Gasteiger partial charge in [0.2, 0.25) is 0 Å². The number of carbonyl (C=O) groups excluding carboxylic acids is 1. The standard InChI is InChI=1S/C13H16N2O3/c1-8-3-4-11(7-12(8)15(17)18)13(16)14-9(2)10-5-6-10/h3-4,7,9-10H,5-6H2,1-2H3,(H,14,16). The molecule has 0 aliphatic heterocycles. The molecular weight excluding hydrogens is 232 g/mol. The molecule has 0 saturated heterocycles. The molecule has 1 aliphatic rings. The number of rotatable bonds is 4. The maximum Gasteiger partial charge on any atom is 0.273 e. The summed E-state index contributed by atoms with van der Waals surface area (Å²) >= 11 is 0. The summed E-state index contributed by atoms with van der Waals surface area (Å²) in [5, 5.41) is 13.7. The Hall–Kier alpha value is -1.91. The monoisotopic (exact) mass is 248 g/mol. The van der Waals surface area contributed by atoms with Crippen molar-refractivity contribution in [3.05, 3.63) is 39.4 Å². The number of carbonyl (C=O) groups is 1. The topological polar surface area (TPSA) is 72.2 Å². The van der Waals surface area contributed by atoms with E-state index >= 15 is 0 Å². The summed E-state index contributed by atoms with van der Waals surface area (Å²) in [5.41, 5.74) is 0.897. The maximum absolute atomic E-state index is 11.9. The molecule has 2 rings (SSSR count). The molecule has 0 spiro atoms. The number of hydrogen-bond donors (Lipinski definition) is 1. The van der Waals surface area contributed by atoms with Gasteiger partial charge in [-0.3, -0.25) is 14.9 Å².